The third-order valence-electron chi connectivity index (χ3n) is 2.72. The Labute approximate surface area is 99.9 Å². The van der Waals surface area contributed by atoms with E-state index in [1.807, 2.05) is 17.8 Å². The first-order valence-electron chi connectivity index (χ1n) is 5.57. The minimum atomic E-state index is -0.269. The molecule has 3 N–H and O–H groups in total. The predicted molar refractivity (Wildman–Crippen MR) is 67.1 cm³/mol. The third kappa shape index (κ3) is 2.70. The zero-order valence-corrected chi connectivity index (χ0v) is 9.96. The summed E-state index contributed by atoms with van der Waals surface area (Å²) >= 11 is 1.90. The molecule has 0 fully saturated rings. The van der Waals surface area contributed by atoms with Gasteiger partial charge in [0.1, 0.15) is 0 Å². The van der Waals surface area contributed by atoms with Gasteiger partial charge >= 0.3 is 0 Å². The van der Waals surface area contributed by atoms with E-state index in [1.54, 1.807) is 0 Å². The van der Waals surface area contributed by atoms with Gasteiger partial charge in [0.2, 0.25) is 0 Å². The quantitative estimate of drug-likeness (QED) is 0.745. The number of rotatable bonds is 4. The van der Waals surface area contributed by atoms with Crippen LogP contribution in [0.5, 0.6) is 0 Å². The normalized spacial score (nSPS) is 14.9. The second-order valence-corrected chi connectivity index (χ2v) is 5.12. The largest absolute Gasteiger partial charge is 0.394 e. The monoisotopic (exact) mass is 239 g/mol. The Hall–Kier alpha value is -0.710. The molecule has 88 valence electrons. The minimum absolute atomic E-state index is 0.0532. The minimum Gasteiger partial charge on any atom is -0.394 e. The average Bonchev–Trinajstić information content (AvgIpc) is 2.35. The molecular weight excluding hydrogens is 222 g/mol. The number of hydrogen-bond donors (Lipinski definition) is 3. The fourth-order valence-corrected chi connectivity index (χ4v) is 2.85. The molecule has 3 nitrogen and oxygen atoms in total. The summed E-state index contributed by atoms with van der Waals surface area (Å²) in [6.07, 6.45) is 2.35. The van der Waals surface area contributed by atoms with E-state index in [1.165, 1.54) is 22.6 Å². The van der Waals surface area contributed by atoms with Crippen LogP contribution in [0.2, 0.25) is 0 Å². The summed E-state index contributed by atoms with van der Waals surface area (Å²) in [5.41, 5.74) is 2.35. The van der Waals surface area contributed by atoms with Crippen LogP contribution in [0, 0.1) is 0 Å². The highest BCUT2D eigenvalue weighted by atomic mass is 32.2. The lowest BCUT2D eigenvalue weighted by Crippen LogP contribution is -2.27. The number of fused-ring (bicyclic) bond motifs is 1. The lowest BCUT2D eigenvalue weighted by Gasteiger charge is -2.19. The van der Waals surface area contributed by atoms with Crippen LogP contribution in [-0.4, -0.2) is 35.2 Å². The van der Waals surface area contributed by atoms with Crippen molar-refractivity contribution in [1.29, 1.82) is 0 Å². The Balaban J connectivity index is 2.10. The van der Waals surface area contributed by atoms with Crippen LogP contribution in [0.25, 0.3) is 0 Å². The van der Waals surface area contributed by atoms with Crippen molar-refractivity contribution < 1.29 is 10.2 Å². The molecule has 0 amide bonds. The third-order valence-corrected chi connectivity index (χ3v) is 3.92. The van der Waals surface area contributed by atoms with Crippen molar-refractivity contribution in [2.45, 2.75) is 23.8 Å². The lowest BCUT2D eigenvalue weighted by atomic mass is 10.1. The summed E-state index contributed by atoms with van der Waals surface area (Å²) in [5.74, 6) is 1.20. The van der Waals surface area contributed by atoms with Crippen molar-refractivity contribution in [3.8, 4) is 0 Å². The van der Waals surface area contributed by atoms with E-state index in [0.717, 1.165) is 12.1 Å². The molecule has 0 aliphatic carbocycles. The Morgan fingerprint density at radius 3 is 2.88 bits per heavy atom. The highest BCUT2D eigenvalue weighted by molar-refractivity contribution is 7.99. The van der Waals surface area contributed by atoms with Gasteiger partial charge in [0.05, 0.1) is 19.3 Å². The Morgan fingerprint density at radius 2 is 2.12 bits per heavy atom. The zero-order chi connectivity index (χ0) is 11.4. The van der Waals surface area contributed by atoms with Crippen molar-refractivity contribution in [2.75, 3.05) is 24.3 Å². The smallest absolute Gasteiger partial charge is 0.0723 e. The predicted octanol–water partition coefficient (Wildman–Crippen LogP) is 1.49. The van der Waals surface area contributed by atoms with Crippen LogP contribution in [0.3, 0.4) is 0 Å². The van der Waals surface area contributed by atoms with E-state index >= 15 is 0 Å². The molecule has 1 aliphatic rings. The number of aliphatic hydroxyl groups is 2. The lowest BCUT2D eigenvalue weighted by molar-refractivity contribution is 0.204. The molecule has 0 unspecified atom stereocenters. The molecule has 0 bridgehead atoms. The summed E-state index contributed by atoms with van der Waals surface area (Å²) in [4.78, 5) is 1.36. The summed E-state index contributed by atoms with van der Waals surface area (Å²) in [6.45, 7) is -0.106. The average molecular weight is 239 g/mol. The number of aliphatic hydroxyl groups excluding tert-OH is 2. The molecule has 1 heterocycles. The van der Waals surface area contributed by atoms with Gasteiger partial charge in [-0.15, -0.1) is 11.8 Å². The van der Waals surface area contributed by atoms with Gasteiger partial charge in [-0.3, -0.25) is 0 Å². The molecule has 0 aromatic heterocycles. The highest BCUT2D eigenvalue weighted by Crippen LogP contribution is 2.31. The van der Waals surface area contributed by atoms with E-state index < -0.39 is 0 Å². The van der Waals surface area contributed by atoms with E-state index in [9.17, 15) is 0 Å². The first kappa shape index (κ1) is 11.8. The SMILES string of the molecule is OCC(CO)Nc1ccc2c(c1)CCCS2. The molecule has 0 saturated carbocycles. The molecule has 0 saturated heterocycles. The topological polar surface area (TPSA) is 52.5 Å². The molecule has 16 heavy (non-hydrogen) atoms. The number of hydrogen-bond acceptors (Lipinski definition) is 4. The van der Waals surface area contributed by atoms with E-state index in [2.05, 4.69) is 17.4 Å². The second kappa shape index (κ2) is 5.57. The highest BCUT2D eigenvalue weighted by Gasteiger charge is 2.11. The maximum Gasteiger partial charge on any atom is 0.0723 e. The summed E-state index contributed by atoms with van der Waals surface area (Å²) < 4.78 is 0. The van der Waals surface area contributed by atoms with Gasteiger partial charge in [-0.25, -0.2) is 0 Å². The molecule has 4 heteroatoms. The zero-order valence-electron chi connectivity index (χ0n) is 9.15. The number of thioether (sulfide) groups is 1. The Kier molecular flexibility index (Phi) is 4.09. The van der Waals surface area contributed by atoms with Crippen LogP contribution < -0.4 is 5.32 Å². The van der Waals surface area contributed by atoms with E-state index in [0.29, 0.717) is 0 Å². The van der Waals surface area contributed by atoms with E-state index in [4.69, 9.17) is 10.2 Å². The summed E-state index contributed by atoms with van der Waals surface area (Å²) in [6, 6.07) is 5.98. The molecule has 0 atom stereocenters. The standard InChI is InChI=1S/C12H17NO2S/c14-7-11(8-15)13-10-3-4-12-9(6-10)2-1-5-16-12/h3-4,6,11,13-15H,1-2,5,7-8H2. The molecule has 2 rings (SSSR count). The van der Waals surface area contributed by atoms with Gasteiger partial charge in [-0.05, 0) is 42.4 Å². The van der Waals surface area contributed by atoms with Crippen molar-refractivity contribution in [3.05, 3.63) is 23.8 Å². The fraction of sp³-hybridized carbons (Fsp3) is 0.500. The first-order valence-corrected chi connectivity index (χ1v) is 6.56. The van der Waals surface area contributed by atoms with Gasteiger partial charge in [0.15, 0.2) is 0 Å². The van der Waals surface area contributed by atoms with Gasteiger partial charge < -0.3 is 15.5 Å². The van der Waals surface area contributed by atoms with Crippen LogP contribution in [-0.2, 0) is 6.42 Å². The van der Waals surface area contributed by atoms with Gasteiger partial charge in [0.25, 0.3) is 0 Å². The molecule has 0 spiro atoms. The summed E-state index contributed by atoms with van der Waals surface area (Å²) in [7, 11) is 0. The van der Waals surface area contributed by atoms with Crippen molar-refractivity contribution >= 4 is 17.4 Å². The van der Waals surface area contributed by atoms with Crippen LogP contribution in [0.4, 0.5) is 5.69 Å². The van der Waals surface area contributed by atoms with Gasteiger partial charge in [-0.1, -0.05) is 0 Å². The maximum atomic E-state index is 9.00. The number of nitrogens with one attached hydrogen (secondary N) is 1. The van der Waals surface area contributed by atoms with Crippen molar-refractivity contribution in [1.82, 2.24) is 0 Å². The molecule has 1 aromatic carbocycles. The van der Waals surface area contributed by atoms with Crippen molar-refractivity contribution in [2.24, 2.45) is 0 Å². The van der Waals surface area contributed by atoms with Crippen LogP contribution >= 0.6 is 11.8 Å². The van der Waals surface area contributed by atoms with Gasteiger partial charge in [-0.2, -0.15) is 0 Å². The molecule has 0 radical (unpaired) electrons. The second-order valence-electron chi connectivity index (χ2n) is 3.98. The van der Waals surface area contributed by atoms with Crippen LogP contribution in [0.15, 0.2) is 23.1 Å². The Bertz CT molecular complexity index is 353. The Morgan fingerprint density at radius 1 is 1.31 bits per heavy atom. The fourth-order valence-electron chi connectivity index (χ4n) is 1.83. The maximum absolute atomic E-state index is 9.00. The van der Waals surface area contributed by atoms with Gasteiger partial charge in [0, 0.05) is 10.6 Å². The van der Waals surface area contributed by atoms with E-state index in [-0.39, 0.29) is 19.3 Å². The molecule has 1 aromatic rings. The number of benzene rings is 1. The summed E-state index contributed by atoms with van der Waals surface area (Å²) in [5, 5.41) is 21.1. The number of aryl methyl sites for hydroxylation is 1. The number of anilines is 1. The van der Waals surface area contributed by atoms with Crippen molar-refractivity contribution in [3.63, 3.8) is 0 Å². The van der Waals surface area contributed by atoms with Crippen LogP contribution in [0.1, 0.15) is 12.0 Å². The first-order chi connectivity index (χ1) is 7.83. The molecular formula is C12H17NO2S. The molecule has 1 aliphatic heterocycles.